The van der Waals surface area contributed by atoms with Crippen molar-refractivity contribution in [3.63, 3.8) is 0 Å². The zero-order chi connectivity index (χ0) is 26.0. The highest BCUT2D eigenvalue weighted by Crippen LogP contribution is 2.42. The van der Waals surface area contributed by atoms with Crippen LogP contribution in [0.5, 0.6) is 5.75 Å². The van der Waals surface area contributed by atoms with E-state index >= 15 is 0 Å². The van der Waals surface area contributed by atoms with Crippen molar-refractivity contribution in [3.8, 4) is 5.75 Å². The summed E-state index contributed by atoms with van der Waals surface area (Å²) in [5.74, 6) is -5.00. The van der Waals surface area contributed by atoms with Gasteiger partial charge in [-0.15, -0.1) is 13.2 Å². The fraction of sp³-hybridized carbons (Fsp3) is 0.500. The molecule has 8 heteroatoms. The summed E-state index contributed by atoms with van der Waals surface area (Å²) in [5, 5.41) is 0. The second kappa shape index (κ2) is 10.9. The number of ether oxygens (including phenoxy) is 1. The lowest BCUT2D eigenvalue weighted by atomic mass is 9.74. The van der Waals surface area contributed by atoms with E-state index in [1.54, 1.807) is 30.3 Å². The van der Waals surface area contributed by atoms with Crippen molar-refractivity contribution in [2.75, 3.05) is 0 Å². The molecule has 0 spiro atoms. The first-order valence-corrected chi connectivity index (χ1v) is 12.4. The van der Waals surface area contributed by atoms with Crippen LogP contribution in [0.1, 0.15) is 73.6 Å². The molecule has 0 saturated heterocycles. The second-order valence-corrected chi connectivity index (χ2v) is 9.81. The van der Waals surface area contributed by atoms with E-state index in [9.17, 15) is 30.7 Å². The molecule has 2 aromatic rings. The number of alkyl halides is 5. The fourth-order valence-corrected chi connectivity index (χ4v) is 5.51. The minimum atomic E-state index is -5.21. The number of allylic oxidation sites excluding steroid dienone is 2. The first-order chi connectivity index (χ1) is 17.1. The molecule has 0 N–H and O–H groups in total. The molecule has 2 aliphatic carbocycles. The topological polar surface area (TPSA) is 9.23 Å². The molecule has 4 rings (SSSR count). The summed E-state index contributed by atoms with van der Waals surface area (Å²) in [6, 6.07) is 7.70. The molecule has 1 nitrogen and oxygen atoms in total. The van der Waals surface area contributed by atoms with Gasteiger partial charge in [-0.3, -0.25) is 0 Å². The smallest absolute Gasteiger partial charge is 0.399 e. The summed E-state index contributed by atoms with van der Waals surface area (Å²) >= 11 is 0. The molecule has 0 heterocycles. The average Bonchev–Trinajstić information content (AvgIpc) is 2.81. The number of fused-ring (bicyclic) bond motifs is 1. The Kier molecular flexibility index (Phi) is 8.00. The van der Waals surface area contributed by atoms with Crippen LogP contribution in [0, 0.1) is 17.6 Å². The Labute approximate surface area is 206 Å². The van der Waals surface area contributed by atoms with Crippen LogP contribution in [0.2, 0.25) is 0 Å². The molecule has 1 saturated carbocycles. The Morgan fingerprint density at radius 3 is 2.25 bits per heavy atom. The van der Waals surface area contributed by atoms with Crippen molar-refractivity contribution < 1.29 is 35.5 Å². The lowest BCUT2D eigenvalue weighted by Crippen LogP contribution is -2.33. The third-order valence-corrected chi connectivity index (χ3v) is 7.30. The summed E-state index contributed by atoms with van der Waals surface area (Å²) < 4.78 is 99.7. The largest absolute Gasteiger partial charge is 0.573 e. The zero-order valence-corrected chi connectivity index (χ0v) is 20.0. The summed E-state index contributed by atoms with van der Waals surface area (Å²) in [7, 11) is 0. The SMILES string of the molecule is CCCCCC1CC(F)C(c2ccc(C3=CCc4c(cc(F)c(OC(F)(F)F)c4F)C3)cc2)C(F)C1. The summed E-state index contributed by atoms with van der Waals surface area (Å²) in [4.78, 5) is 0. The highest BCUT2D eigenvalue weighted by atomic mass is 19.4. The van der Waals surface area contributed by atoms with Crippen molar-refractivity contribution in [2.45, 2.75) is 82.9 Å². The van der Waals surface area contributed by atoms with E-state index in [-0.39, 0.29) is 29.9 Å². The quantitative estimate of drug-likeness (QED) is 0.265. The molecule has 2 unspecified atom stereocenters. The molecule has 0 aliphatic heterocycles. The van der Waals surface area contributed by atoms with Crippen LogP contribution in [0.4, 0.5) is 30.7 Å². The number of hydrogen-bond donors (Lipinski definition) is 0. The predicted molar refractivity (Wildman–Crippen MR) is 124 cm³/mol. The van der Waals surface area contributed by atoms with Gasteiger partial charge in [0, 0.05) is 5.92 Å². The Hall–Kier alpha value is -2.51. The Balaban J connectivity index is 1.46. The lowest BCUT2D eigenvalue weighted by Gasteiger charge is -2.35. The number of rotatable bonds is 7. The van der Waals surface area contributed by atoms with Gasteiger partial charge in [-0.05, 0) is 65.5 Å². The highest BCUT2D eigenvalue weighted by Gasteiger charge is 2.39. The average molecular weight is 515 g/mol. The van der Waals surface area contributed by atoms with Gasteiger partial charge in [0.15, 0.2) is 11.6 Å². The van der Waals surface area contributed by atoms with Crippen molar-refractivity contribution >= 4 is 5.57 Å². The van der Waals surface area contributed by atoms with E-state index in [1.807, 2.05) is 0 Å². The van der Waals surface area contributed by atoms with Gasteiger partial charge in [0.1, 0.15) is 12.3 Å². The van der Waals surface area contributed by atoms with Gasteiger partial charge in [0.05, 0.1) is 0 Å². The summed E-state index contributed by atoms with van der Waals surface area (Å²) in [5.41, 5.74) is 2.21. The van der Waals surface area contributed by atoms with Gasteiger partial charge in [-0.25, -0.2) is 17.6 Å². The van der Waals surface area contributed by atoms with Crippen LogP contribution in [0.25, 0.3) is 5.57 Å². The van der Waals surface area contributed by atoms with Gasteiger partial charge in [-0.2, -0.15) is 0 Å². The molecular weight excluding hydrogens is 485 g/mol. The maximum atomic E-state index is 15.0. The molecule has 0 amide bonds. The maximum absolute atomic E-state index is 15.0. The second-order valence-electron chi connectivity index (χ2n) is 9.81. The minimum absolute atomic E-state index is 0.0338. The molecule has 2 aromatic carbocycles. The minimum Gasteiger partial charge on any atom is -0.399 e. The van der Waals surface area contributed by atoms with E-state index in [0.717, 1.165) is 42.9 Å². The van der Waals surface area contributed by atoms with Crippen LogP contribution in [-0.2, 0) is 12.8 Å². The van der Waals surface area contributed by atoms with Crippen LogP contribution >= 0.6 is 0 Å². The van der Waals surface area contributed by atoms with Crippen LogP contribution in [-0.4, -0.2) is 18.7 Å². The third kappa shape index (κ3) is 5.89. The molecule has 2 atom stereocenters. The zero-order valence-electron chi connectivity index (χ0n) is 20.0. The first kappa shape index (κ1) is 26.6. The van der Waals surface area contributed by atoms with E-state index in [1.165, 1.54) is 0 Å². The first-order valence-electron chi connectivity index (χ1n) is 12.4. The summed E-state index contributed by atoms with van der Waals surface area (Å²) in [6.07, 6.45) is -1.31. The third-order valence-electron chi connectivity index (χ3n) is 7.30. The normalized spacial score (nSPS) is 24.3. The molecule has 36 heavy (non-hydrogen) atoms. The molecule has 0 radical (unpaired) electrons. The van der Waals surface area contributed by atoms with Crippen LogP contribution < -0.4 is 4.74 Å². The van der Waals surface area contributed by atoms with E-state index in [4.69, 9.17) is 0 Å². The molecular formula is C28H29F7O. The fourth-order valence-electron chi connectivity index (χ4n) is 5.51. The van der Waals surface area contributed by atoms with E-state index in [0.29, 0.717) is 18.4 Å². The van der Waals surface area contributed by atoms with Gasteiger partial charge >= 0.3 is 6.36 Å². The molecule has 0 bridgehead atoms. The van der Waals surface area contributed by atoms with Crippen molar-refractivity contribution in [1.82, 2.24) is 0 Å². The number of halogens is 7. The Morgan fingerprint density at radius 1 is 0.972 bits per heavy atom. The monoisotopic (exact) mass is 514 g/mol. The van der Waals surface area contributed by atoms with Crippen LogP contribution in [0.15, 0.2) is 36.4 Å². The molecule has 196 valence electrons. The van der Waals surface area contributed by atoms with E-state index < -0.39 is 42.0 Å². The van der Waals surface area contributed by atoms with Gasteiger partial charge in [-0.1, -0.05) is 62.9 Å². The van der Waals surface area contributed by atoms with E-state index in [2.05, 4.69) is 11.7 Å². The van der Waals surface area contributed by atoms with Gasteiger partial charge in [0.2, 0.25) is 5.75 Å². The number of unbranched alkanes of at least 4 members (excludes halogenated alkanes) is 2. The molecule has 0 aromatic heterocycles. The van der Waals surface area contributed by atoms with Crippen LogP contribution in [0.3, 0.4) is 0 Å². The summed E-state index contributed by atoms with van der Waals surface area (Å²) in [6.45, 7) is 2.10. The lowest BCUT2D eigenvalue weighted by molar-refractivity contribution is -0.276. The predicted octanol–water partition coefficient (Wildman–Crippen LogP) is 8.80. The Bertz CT molecular complexity index is 1080. The molecule has 1 fully saturated rings. The van der Waals surface area contributed by atoms with Crippen molar-refractivity contribution in [1.29, 1.82) is 0 Å². The van der Waals surface area contributed by atoms with Gasteiger partial charge in [0.25, 0.3) is 0 Å². The number of hydrogen-bond acceptors (Lipinski definition) is 1. The molecule has 2 aliphatic rings. The number of benzene rings is 2. The van der Waals surface area contributed by atoms with Gasteiger partial charge < -0.3 is 4.74 Å². The Morgan fingerprint density at radius 2 is 1.64 bits per heavy atom. The standard InChI is InChI=1S/C28H29F7O/c1-2-3-4-5-16-12-22(29)25(23(30)13-16)18-8-6-17(7-9-18)19-10-11-21-20(14-19)15-24(31)27(26(21)32)36-28(33,34)35/h6-10,15-16,22-23,25H,2-5,11-14H2,1H3. The highest BCUT2D eigenvalue weighted by molar-refractivity contribution is 5.71. The van der Waals surface area contributed by atoms with Crippen molar-refractivity contribution in [3.05, 3.63) is 70.3 Å². The van der Waals surface area contributed by atoms with Crippen molar-refractivity contribution in [2.24, 2.45) is 5.92 Å². The maximum Gasteiger partial charge on any atom is 0.573 e.